The molecule has 30 heavy (non-hydrogen) atoms. The second-order valence-electron chi connectivity index (χ2n) is 7.43. The van der Waals surface area contributed by atoms with Crippen molar-refractivity contribution >= 4 is 5.91 Å². The van der Waals surface area contributed by atoms with Crippen molar-refractivity contribution in [3.8, 4) is 11.5 Å². The molecule has 0 aliphatic rings. The van der Waals surface area contributed by atoms with Crippen molar-refractivity contribution in [1.82, 2.24) is 15.1 Å². The number of hydrogen-bond acceptors (Lipinski definition) is 4. The quantitative estimate of drug-likeness (QED) is 0.516. The van der Waals surface area contributed by atoms with Gasteiger partial charge < -0.3 is 14.8 Å². The minimum atomic E-state index is -0.144. The lowest BCUT2D eigenvalue weighted by atomic mass is 10.1. The first-order valence-corrected chi connectivity index (χ1v) is 10.2. The molecule has 1 heterocycles. The van der Waals surface area contributed by atoms with Crippen LogP contribution in [0.25, 0.3) is 0 Å². The van der Waals surface area contributed by atoms with Gasteiger partial charge in [-0.25, -0.2) is 0 Å². The molecular formula is C24H29N3O3. The van der Waals surface area contributed by atoms with E-state index in [0.717, 1.165) is 23.7 Å². The van der Waals surface area contributed by atoms with Crippen LogP contribution in [0.1, 0.15) is 28.7 Å². The highest BCUT2D eigenvalue weighted by molar-refractivity contribution is 5.96. The molecule has 2 aromatic carbocycles. The van der Waals surface area contributed by atoms with Crippen molar-refractivity contribution in [3.05, 3.63) is 77.6 Å². The topological polar surface area (TPSA) is 65.4 Å². The molecule has 0 spiro atoms. The van der Waals surface area contributed by atoms with Gasteiger partial charge in [0.05, 0.1) is 11.3 Å². The monoisotopic (exact) mass is 407 g/mol. The molecule has 0 saturated carbocycles. The van der Waals surface area contributed by atoms with Crippen LogP contribution in [0.4, 0.5) is 0 Å². The molecule has 3 rings (SSSR count). The van der Waals surface area contributed by atoms with E-state index >= 15 is 0 Å². The van der Waals surface area contributed by atoms with Crippen molar-refractivity contribution in [2.45, 2.75) is 27.3 Å². The van der Waals surface area contributed by atoms with E-state index in [4.69, 9.17) is 9.47 Å². The van der Waals surface area contributed by atoms with Crippen LogP contribution in [0.5, 0.6) is 11.5 Å². The molecule has 158 valence electrons. The highest BCUT2D eigenvalue weighted by atomic mass is 16.5. The number of rotatable bonds is 10. The Hall–Kier alpha value is -3.28. The van der Waals surface area contributed by atoms with Gasteiger partial charge in [-0.05, 0) is 50.1 Å². The zero-order chi connectivity index (χ0) is 21.3. The summed E-state index contributed by atoms with van der Waals surface area (Å²) >= 11 is 0. The Labute approximate surface area is 177 Å². The van der Waals surface area contributed by atoms with E-state index in [0.29, 0.717) is 31.1 Å². The normalized spacial score (nSPS) is 11.7. The molecule has 1 amide bonds. The third-order valence-corrected chi connectivity index (χ3v) is 4.68. The predicted octanol–water partition coefficient (Wildman–Crippen LogP) is 4.02. The van der Waals surface area contributed by atoms with Gasteiger partial charge in [-0.1, -0.05) is 37.3 Å². The van der Waals surface area contributed by atoms with E-state index in [-0.39, 0.29) is 11.8 Å². The highest BCUT2D eigenvalue weighted by Gasteiger charge is 2.14. The number of carbonyl (C=O) groups is 1. The molecule has 0 fully saturated rings. The van der Waals surface area contributed by atoms with E-state index < -0.39 is 0 Å². The SMILES string of the molecule is Cc1cc(C)n(CC(C)CNC(=O)c2ccccc2OCCOc2ccccc2)n1. The van der Waals surface area contributed by atoms with Crippen molar-refractivity contribution in [2.24, 2.45) is 5.92 Å². The van der Waals surface area contributed by atoms with Crippen molar-refractivity contribution in [2.75, 3.05) is 19.8 Å². The zero-order valence-corrected chi connectivity index (χ0v) is 17.8. The van der Waals surface area contributed by atoms with Gasteiger partial charge in [0.2, 0.25) is 0 Å². The lowest BCUT2D eigenvalue weighted by Crippen LogP contribution is -2.30. The number of hydrogen-bond donors (Lipinski definition) is 1. The fourth-order valence-electron chi connectivity index (χ4n) is 3.19. The number of nitrogens with one attached hydrogen (secondary N) is 1. The first kappa shape index (κ1) is 21.4. The van der Waals surface area contributed by atoms with Gasteiger partial charge in [0.1, 0.15) is 24.7 Å². The van der Waals surface area contributed by atoms with Crippen LogP contribution in [-0.4, -0.2) is 35.4 Å². The van der Waals surface area contributed by atoms with Gasteiger partial charge >= 0.3 is 0 Å². The molecule has 1 atom stereocenters. The van der Waals surface area contributed by atoms with Gasteiger partial charge in [0.15, 0.2) is 0 Å². The molecular weight excluding hydrogens is 378 g/mol. The van der Waals surface area contributed by atoms with Crippen LogP contribution in [-0.2, 0) is 6.54 Å². The molecule has 1 N–H and O–H groups in total. The van der Waals surface area contributed by atoms with Crippen molar-refractivity contribution < 1.29 is 14.3 Å². The zero-order valence-electron chi connectivity index (χ0n) is 17.8. The van der Waals surface area contributed by atoms with Crippen LogP contribution in [0.2, 0.25) is 0 Å². The van der Waals surface area contributed by atoms with Gasteiger partial charge in [0, 0.05) is 18.8 Å². The molecule has 0 aliphatic heterocycles. The van der Waals surface area contributed by atoms with Crippen LogP contribution in [0, 0.1) is 19.8 Å². The Morgan fingerprint density at radius 3 is 2.47 bits per heavy atom. The summed E-state index contributed by atoms with van der Waals surface area (Å²) in [7, 11) is 0. The van der Waals surface area contributed by atoms with E-state index in [1.807, 2.05) is 61.0 Å². The number of carbonyl (C=O) groups excluding carboxylic acids is 1. The van der Waals surface area contributed by atoms with Gasteiger partial charge in [-0.15, -0.1) is 0 Å². The summed E-state index contributed by atoms with van der Waals surface area (Å²) in [6, 6.07) is 18.9. The predicted molar refractivity (Wildman–Crippen MR) is 117 cm³/mol. The first-order valence-electron chi connectivity index (χ1n) is 10.2. The Balaban J connectivity index is 1.48. The Kier molecular flexibility index (Phi) is 7.49. The Bertz CT molecular complexity index is 953. The van der Waals surface area contributed by atoms with Gasteiger partial charge in [-0.2, -0.15) is 5.10 Å². The van der Waals surface area contributed by atoms with Gasteiger partial charge in [-0.3, -0.25) is 9.48 Å². The second-order valence-corrected chi connectivity index (χ2v) is 7.43. The average molecular weight is 408 g/mol. The minimum Gasteiger partial charge on any atom is -0.490 e. The lowest BCUT2D eigenvalue weighted by molar-refractivity contribution is 0.0941. The summed E-state index contributed by atoms with van der Waals surface area (Å²) in [5, 5.41) is 7.50. The molecule has 6 heteroatoms. The van der Waals surface area contributed by atoms with E-state index in [2.05, 4.69) is 23.4 Å². The van der Waals surface area contributed by atoms with Crippen LogP contribution in [0.15, 0.2) is 60.7 Å². The highest BCUT2D eigenvalue weighted by Crippen LogP contribution is 2.18. The first-order chi connectivity index (χ1) is 14.5. The fourth-order valence-corrected chi connectivity index (χ4v) is 3.19. The molecule has 0 aliphatic carbocycles. The second kappa shape index (κ2) is 10.5. The molecule has 0 bridgehead atoms. The Morgan fingerprint density at radius 1 is 1.03 bits per heavy atom. The molecule has 6 nitrogen and oxygen atoms in total. The van der Waals surface area contributed by atoms with Crippen LogP contribution in [0.3, 0.4) is 0 Å². The summed E-state index contributed by atoms with van der Waals surface area (Å²) in [6.45, 7) is 8.20. The van der Waals surface area contributed by atoms with Crippen molar-refractivity contribution in [3.63, 3.8) is 0 Å². The van der Waals surface area contributed by atoms with Crippen LogP contribution < -0.4 is 14.8 Å². The number of nitrogens with zero attached hydrogens (tertiary/aromatic N) is 2. The summed E-state index contributed by atoms with van der Waals surface area (Å²) < 4.78 is 13.4. The molecule has 1 aromatic heterocycles. The largest absolute Gasteiger partial charge is 0.490 e. The number of aromatic nitrogens is 2. The van der Waals surface area contributed by atoms with E-state index in [9.17, 15) is 4.79 Å². The third kappa shape index (κ3) is 6.11. The summed E-state index contributed by atoms with van der Waals surface area (Å²) in [5.41, 5.74) is 2.66. The van der Waals surface area contributed by atoms with Crippen molar-refractivity contribution in [1.29, 1.82) is 0 Å². The van der Waals surface area contributed by atoms with E-state index in [1.54, 1.807) is 12.1 Å². The number of amides is 1. The lowest BCUT2D eigenvalue weighted by Gasteiger charge is -2.15. The summed E-state index contributed by atoms with van der Waals surface area (Å²) in [4.78, 5) is 12.7. The maximum Gasteiger partial charge on any atom is 0.255 e. The summed E-state index contributed by atoms with van der Waals surface area (Å²) in [6.07, 6.45) is 0. The van der Waals surface area contributed by atoms with Crippen LogP contribution >= 0.6 is 0 Å². The average Bonchev–Trinajstić information content (AvgIpc) is 3.07. The number of aryl methyl sites for hydroxylation is 2. The molecule has 1 unspecified atom stereocenters. The summed E-state index contributed by atoms with van der Waals surface area (Å²) in [5.74, 6) is 1.45. The molecule has 0 radical (unpaired) electrons. The molecule has 0 saturated heterocycles. The number of para-hydroxylation sites is 2. The smallest absolute Gasteiger partial charge is 0.255 e. The van der Waals surface area contributed by atoms with E-state index in [1.165, 1.54) is 0 Å². The number of ether oxygens (including phenoxy) is 2. The minimum absolute atomic E-state index is 0.144. The van der Waals surface area contributed by atoms with Gasteiger partial charge in [0.25, 0.3) is 5.91 Å². The molecule has 3 aromatic rings. The standard InChI is InChI=1S/C24H29N3O3/c1-18(17-27-20(3)15-19(2)26-27)16-25-24(28)22-11-7-8-12-23(22)30-14-13-29-21-9-5-4-6-10-21/h4-12,15,18H,13-14,16-17H2,1-3H3,(H,25,28). The Morgan fingerprint density at radius 2 is 1.73 bits per heavy atom. The maximum atomic E-state index is 12.7. The third-order valence-electron chi connectivity index (χ3n) is 4.68. The maximum absolute atomic E-state index is 12.7. The number of benzene rings is 2. The fraction of sp³-hybridized carbons (Fsp3) is 0.333.